The van der Waals surface area contributed by atoms with Gasteiger partial charge >= 0.3 is 0 Å². The monoisotopic (exact) mass is 319 g/mol. The molecule has 4 nitrogen and oxygen atoms in total. The van der Waals surface area contributed by atoms with E-state index in [-0.39, 0.29) is 5.91 Å². The third-order valence-electron chi connectivity index (χ3n) is 3.70. The Balaban J connectivity index is 1.58. The van der Waals surface area contributed by atoms with Crippen molar-refractivity contribution in [2.45, 2.75) is 6.04 Å². The minimum atomic E-state index is -0.000431. The fourth-order valence-electron chi connectivity index (χ4n) is 2.56. The molecule has 1 amide bonds. The lowest BCUT2D eigenvalue weighted by molar-refractivity contribution is 0.0227. The number of carbonyl (C=O) groups is 1. The summed E-state index contributed by atoms with van der Waals surface area (Å²) in [4.78, 5) is 16.5. The fraction of sp³-hybridized carbons (Fsp3) is 0.583. The van der Waals surface area contributed by atoms with Crippen LogP contribution in [-0.2, 0) is 0 Å². The van der Waals surface area contributed by atoms with Crippen molar-refractivity contribution in [1.82, 2.24) is 15.1 Å². The first-order valence-corrected chi connectivity index (χ1v) is 7.91. The van der Waals surface area contributed by atoms with Crippen LogP contribution in [0.15, 0.2) is 6.07 Å². The zero-order chi connectivity index (χ0) is 13.4. The molecule has 2 aliphatic rings. The van der Waals surface area contributed by atoms with E-state index in [0.29, 0.717) is 20.3 Å². The molecule has 0 radical (unpaired) electrons. The molecule has 2 fully saturated rings. The smallest absolute Gasteiger partial charge is 0.256 e. The van der Waals surface area contributed by atoms with Gasteiger partial charge in [-0.1, -0.05) is 23.2 Å². The van der Waals surface area contributed by atoms with Crippen LogP contribution >= 0.6 is 34.5 Å². The van der Waals surface area contributed by atoms with Crippen LogP contribution in [0.5, 0.6) is 0 Å². The van der Waals surface area contributed by atoms with Gasteiger partial charge in [-0.2, -0.15) is 0 Å². The Morgan fingerprint density at radius 2 is 2.00 bits per heavy atom. The number of piperazine rings is 1. The number of amides is 1. The number of likely N-dealkylation sites (tertiary alicyclic amines) is 1. The van der Waals surface area contributed by atoms with Gasteiger partial charge in [0.25, 0.3) is 5.91 Å². The van der Waals surface area contributed by atoms with E-state index in [1.807, 2.05) is 4.90 Å². The Hall–Kier alpha value is -0.330. The molecule has 19 heavy (non-hydrogen) atoms. The lowest BCUT2D eigenvalue weighted by Gasteiger charge is -2.46. The number of rotatable bonds is 2. The zero-order valence-electron chi connectivity index (χ0n) is 10.4. The van der Waals surface area contributed by atoms with Crippen LogP contribution in [0.1, 0.15) is 10.4 Å². The van der Waals surface area contributed by atoms with Crippen molar-refractivity contribution in [3.05, 3.63) is 20.3 Å². The predicted octanol–water partition coefficient (Wildman–Crippen LogP) is 1.78. The van der Waals surface area contributed by atoms with Gasteiger partial charge in [-0.25, -0.2) is 0 Å². The van der Waals surface area contributed by atoms with Crippen LogP contribution in [0, 0.1) is 0 Å². The molecule has 3 rings (SSSR count). The lowest BCUT2D eigenvalue weighted by atomic mass is 10.1. The molecule has 0 aliphatic carbocycles. The molecule has 2 saturated heterocycles. The number of hydrogen-bond donors (Lipinski definition) is 1. The molecular formula is C12H15Cl2N3OS. The summed E-state index contributed by atoms with van der Waals surface area (Å²) in [6.07, 6.45) is 0. The van der Waals surface area contributed by atoms with Crippen molar-refractivity contribution in [1.29, 1.82) is 0 Å². The lowest BCUT2D eigenvalue weighted by Crippen LogP contribution is -2.63. The molecule has 1 aromatic rings. The number of hydrogen-bond acceptors (Lipinski definition) is 4. The van der Waals surface area contributed by atoms with E-state index in [4.69, 9.17) is 23.2 Å². The van der Waals surface area contributed by atoms with Crippen LogP contribution in [0.3, 0.4) is 0 Å². The first kappa shape index (κ1) is 13.6. The van der Waals surface area contributed by atoms with E-state index >= 15 is 0 Å². The molecule has 104 valence electrons. The number of thiophene rings is 1. The van der Waals surface area contributed by atoms with Gasteiger partial charge in [0, 0.05) is 45.3 Å². The second-order valence-corrected chi connectivity index (χ2v) is 7.17. The Morgan fingerprint density at radius 3 is 2.58 bits per heavy atom. The van der Waals surface area contributed by atoms with Gasteiger partial charge in [-0.15, -0.1) is 11.3 Å². The van der Waals surface area contributed by atoms with Gasteiger partial charge in [0.15, 0.2) is 0 Å². The second-order valence-electron chi connectivity index (χ2n) is 4.89. The third-order valence-corrected chi connectivity index (χ3v) is 5.19. The van der Waals surface area contributed by atoms with E-state index in [0.717, 1.165) is 39.3 Å². The van der Waals surface area contributed by atoms with Crippen molar-refractivity contribution >= 4 is 40.4 Å². The van der Waals surface area contributed by atoms with Crippen molar-refractivity contribution in [2.75, 3.05) is 39.3 Å². The molecule has 0 spiro atoms. The van der Waals surface area contributed by atoms with Crippen molar-refractivity contribution in [3.8, 4) is 0 Å². The average Bonchev–Trinajstić information content (AvgIpc) is 2.68. The fourth-order valence-corrected chi connectivity index (χ4v) is 4.00. The molecule has 2 aliphatic heterocycles. The van der Waals surface area contributed by atoms with Gasteiger partial charge in [-0.05, 0) is 6.07 Å². The Kier molecular flexibility index (Phi) is 4.01. The molecule has 0 unspecified atom stereocenters. The summed E-state index contributed by atoms with van der Waals surface area (Å²) in [5, 5.41) is 3.33. The highest BCUT2D eigenvalue weighted by Crippen LogP contribution is 2.33. The maximum atomic E-state index is 12.2. The van der Waals surface area contributed by atoms with E-state index in [1.54, 1.807) is 6.07 Å². The van der Waals surface area contributed by atoms with E-state index in [1.165, 1.54) is 11.3 Å². The largest absolute Gasteiger partial charge is 0.335 e. The first-order valence-electron chi connectivity index (χ1n) is 6.34. The molecule has 7 heteroatoms. The molecule has 3 heterocycles. The van der Waals surface area contributed by atoms with E-state index in [9.17, 15) is 4.79 Å². The van der Waals surface area contributed by atoms with Crippen molar-refractivity contribution in [2.24, 2.45) is 0 Å². The molecular weight excluding hydrogens is 305 g/mol. The normalized spacial score (nSPS) is 21.5. The third kappa shape index (κ3) is 2.76. The number of carbonyl (C=O) groups excluding carboxylic acids is 1. The summed E-state index contributed by atoms with van der Waals surface area (Å²) >= 11 is 13.1. The van der Waals surface area contributed by atoms with Gasteiger partial charge in [-0.3, -0.25) is 9.69 Å². The molecule has 0 bridgehead atoms. The number of halogens is 2. The standard InChI is InChI=1S/C12H15Cl2N3OS/c13-10-5-9(11(14)19-10)12(18)17-6-8(7-17)16-3-1-15-2-4-16/h5,8,15H,1-4,6-7H2. The van der Waals surface area contributed by atoms with Crippen molar-refractivity contribution < 1.29 is 4.79 Å². The zero-order valence-corrected chi connectivity index (χ0v) is 12.7. The minimum absolute atomic E-state index is 0.000431. The summed E-state index contributed by atoms with van der Waals surface area (Å²) in [5.41, 5.74) is 0.537. The topological polar surface area (TPSA) is 35.6 Å². The van der Waals surface area contributed by atoms with E-state index < -0.39 is 0 Å². The summed E-state index contributed by atoms with van der Waals surface area (Å²) in [7, 11) is 0. The van der Waals surface area contributed by atoms with Gasteiger partial charge < -0.3 is 10.2 Å². The molecule has 0 saturated carbocycles. The van der Waals surface area contributed by atoms with Crippen molar-refractivity contribution in [3.63, 3.8) is 0 Å². The van der Waals surface area contributed by atoms with Crippen LogP contribution in [-0.4, -0.2) is 61.0 Å². The Morgan fingerprint density at radius 1 is 1.32 bits per heavy atom. The summed E-state index contributed by atoms with van der Waals surface area (Å²) < 4.78 is 1.05. The van der Waals surface area contributed by atoms with E-state index in [2.05, 4.69) is 10.2 Å². The van der Waals surface area contributed by atoms with Crippen LogP contribution < -0.4 is 5.32 Å². The predicted molar refractivity (Wildman–Crippen MR) is 78.5 cm³/mol. The second kappa shape index (κ2) is 5.58. The number of nitrogens with zero attached hydrogens (tertiary/aromatic N) is 2. The SMILES string of the molecule is O=C(c1cc(Cl)sc1Cl)N1CC(N2CCNCC2)C1. The molecule has 0 aromatic carbocycles. The summed E-state index contributed by atoms with van der Waals surface area (Å²) in [6.45, 7) is 5.80. The maximum Gasteiger partial charge on any atom is 0.256 e. The highest BCUT2D eigenvalue weighted by atomic mass is 35.5. The van der Waals surface area contributed by atoms with Gasteiger partial charge in [0.2, 0.25) is 0 Å². The molecule has 1 N–H and O–H groups in total. The average molecular weight is 320 g/mol. The number of nitrogens with one attached hydrogen (secondary N) is 1. The molecule has 1 aromatic heterocycles. The minimum Gasteiger partial charge on any atom is -0.335 e. The quantitative estimate of drug-likeness (QED) is 0.902. The van der Waals surface area contributed by atoms with Gasteiger partial charge in [0.1, 0.15) is 4.34 Å². The highest BCUT2D eigenvalue weighted by molar-refractivity contribution is 7.20. The Labute approximate surface area is 126 Å². The van der Waals surface area contributed by atoms with Crippen LogP contribution in [0.25, 0.3) is 0 Å². The van der Waals surface area contributed by atoms with Crippen LogP contribution in [0.2, 0.25) is 8.67 Å². The first-order chi connectivity index (χ1) is 9.15. The highest BCUT2D eigenvalue weighted by Gasteiger charge is 2.36. The maximum absolute atomic E-state index is 12.2. The molecule has 0 atom stereocenters. The Bertz CT molecular complexity index is 481. The van der Waals surface area contributed by atoms with Gasteiger partial charge in [0.05, 0.1) is 9.90 Å². The summed E-state index contributed by atoms with van der Waals surface area (Å²) in [5.74, 6) is -0.000431. The van der Waals surface area contributed by atoms with Crippen LogP contribution in [0.4, 0.5) is 0 Å². The summed E-state index contributed by atoms with van der Waals surface area (Å²) in [6, 6.07) is 2.16.